The molecule has 0 unspecified atom stereocenters. The number of nitrogens with one attached hydrogen (secondary N) is 2. The lowest BCUT2D eigenvalue weighted by atomic mass is 10.2. The zero-order valence-corrected chi connectivity index (χ0v) is 11.8. The molecule has 3 rings (SSSR count). The minimum atomic E-state index is -0.176. The minimum Gasteiger partial charge on any atom is -0.467 e. The predicted molar refractivity (Wildman–Crippen MR) is 84.7 cm³/mol. The molecule has 0 spiro atoms. The molecule has 3 aromatic rings. The summed E-state index contributed by atoms with van der Waals surface area (Å²) in [4.78, 5) is 16.2. The fraction of sp³-hybridized carbons (Fsp3) is 0.0588. The van der Waals surface area contributed by atoms with Crippen LogP contribution in [-0.2, 0) is 6.54 Å². The van der Waals surface area contributed by atoms with E-state index in [2.05, 4.69) is 15.6 Å². The summed E-state index contributed by atoms with van der Waals surface area (Å²) in [7, 11) is 0. The number of anilines is 2. The molecule has 5 heteroatoms. The molecule has 0 atom stereocenters. The quantitative estimate of drug-likeness (QED) is 0.755. The van der Waals surface area contributed by atoms with Crippen LogP contribution in [0.25, 0.3) is 0 Å². The van der Waals surface area contributed by atoms with Crippen LogP contribution in [0.4, 0.5) is 11.5 Å². The SMILES string of the molecule is O=C(Nc1ccc(NCc2ccco2)cn1)c1ccccc1. The topological polar surface area (TPSA) is 67.2 Å². The Balaban J connectivity index is 1.58. The number of pyridine rings is 1. The highest BCUT2D eigenvalue weighted by Crippen LogP contribution is 2.12. The molecule has 0 aliphatic heterocycles. The molecular formula is C17H15N3O2. The number of benzene rings is 1. The van der Waals surface area contributed by atoms with Crippen LogP contribution >= 0.6 is 0 Å². The van der Waals surface area contributed by atoms with Crippen molar-refractivity contribution in [2.45, 2.75) is 6.54 Å². The summed E-state index contributed by atoms with van der Waals surface area (Å²) in [6.45, 7) is 0.588. The lowest BCUT2D eigenvalue weighted by molar-refractivity contribution is 0.102. The van der Waals surface area contributed by atoms with E-state index in [4.69, 9.17) is 4.42 Å². The first kappa shape index (κ1) is 13.9. The Bertz CT molecular complexity index is 722. The molecule has 110 valence electrons. The molecule has 2 aromatic heterocycles. The Morgan fingerprint density at radius 3 is 2.59 bits per heavy atom. The van der Waals surface area contributed by atoms with Gasteiger partial charge in [-0.15, -0.1) is 0 Å². The number of furan rings is 1. The lowest BCUT2D eigenvalue weighted by Crippen LogP contribution is -2.12. The van der Waals surface area contributed by atoms with Gasteiger partial charge in [0, 0.05) is 5.56 Å². The van der Waals surface area contributed by atoms with Crippen molar-refractivity contribution in [2.24, 2.45) is 0 Å². The van der Waals surface area contributed by atoms with E-state index >= 15 is 0 Å². The first-order valence-corrected chi connectivity index (χ1v) is 6.90. The third-order valence-electron chi connectivity index (χ3n) is 3.09. The van der Waals surface area contributed by atoms with E-state index in [1.165, 1.54) is 0 Å². The monoisotopic (exact) mass is 293 g/mol. The van der Waals surface area contributed by atoms with E-state index in [-0.39, 0.29) is 5.91 Å². The van der Waals surface area contributed by atoms with Gasteiger partial charge in [0.2, 0.25) is 0 Å². The predicted octanol–water partition coefficient (Wildman–Crippen LogP) is 3.54. The molecular weight excluding hydrogens is 278 g/mol. The zero-order chi connectivity index (χ0) is 15.2. The molecule has 1 aromatic carbocycles. The molecule has 22 heavy (non-hydrogen) atoms. The van der Waals surface area contributed by atoms with E-state index in [0.717, 1.165) is 11.4 Å². The third-order valence-corrected chi connectivity index (χ3v) is 3.09. The van der Waals surface area contributed by atoms with Crippen molar-refractivity contribution in [3.05, 3.63) is 78.4 Å². The number of carbonyl (C=O) groups is 1. The fourth-order valence-corrected chi connectivity index (χ4v) is 1.95. The molecule has 0 aliphatic rings. The number of amides is 1. The molecule has 0 saturated heterocycles. The van der Waals surface area contributed by atoms with Crippen molar-refractivity contribution in [2.75, 3.05) is 10.6 Å². The molecule has 1 amide bonds. The standard InChI is InChI=1S/C17H15N3O2/c21-17(13-5-2-1-3-6-13)20-16-9-8-14(11-19-16)18-12-15-7-4-10-22-15/h1-11,18H,12H2,(H,19,20,21). The number of hydrogen-bond donors (Lipinski definition) is 2. The summed E-state index contributed by atoms with van der Waals surface area (Å²) in [6.07, 6.45) is 3.31. The zero-order valence-electron chi connectivity index (χ0n) is 11.8. The summed E-state index contributed by atoms with van der Waals surface area (Å²) >= 11 is 0. The summed E-state index contributed by atoms with van der Waals surface area (Å²) in [5.74, 6) is 1.18. The Labute approximate surface area is 128 Å². The molecule has 0 saturated carbocycles. The van der Waals surface area contributed by atoms with Crippen molar-refractivity contribution in [3.8, 4) is 0 Å². The average Bonchev–Trinajstić information content (AvgIpc) is 3.08. The van der Waals surface area contributed by atoms with Crippen molar-refractivity contribution < 1.29 is 9.21 Å². The summed E-state index contributed by atoms with van der Waals surface area (Å²) in [5, 5.41) is 5.95. The van der Waals surface area contributed by atoms with Crippen LogP contribution in [0.2, 0.25) is 0 Å². The number of hydrogen-bond acceptors (Lipinski definition) is 4. The molecule has 0 aliphatic carbocycles. The average molecular weight is 293 g/mol. The van der Waals surface area contributed by atoms with Gasteiger partial charge in [0.05, 0.1) is 24.7 Å². The number of carbonyl (C=O) groups excluding carboxylic acids is 1. The lowest BCUT2D eigenvalue weighted by Gasteiger charge is -2.07. The summed E-state index contributed by atoms with van der Waals surface area (Å²) in [6, 6.07) is 16.4. The van der Waals surface area contributed by atoms with Gasteiger partial charge in [-0.05, 0) is 36.4 Å². The van der Waals surface area contributed by atoms with Crippen molar-refractivity contribution in [1.82, 2.24) is 4.98 Å². The molecule has 0 radical (unpaired) electrons. The van der Waals surface area contributed by atoms with Gasteiger partial charge in [0.25, 0.3) is 5.91 Å². The molecule has 0 bridgehead atoms. The Kier molecular flexibility index (Phi) is 4.15. The number of aromatic nitrogens is 1. The van der Waals surface area contributed by atoms with E-state index in [1.807, 2.05) is 36.4 Å². The summed E-state index contributed by atoms with van der Waals surface area (Å²) in [5.41, 5.74) is 1.46. The van der Waals surface area contributed by atoms with Gasteiger partial charge in [0.15, 0.2) is 0 Å². The van der Waals surface area contributed by atoms with Gasteiger partial charge in [-0.25, -0.2) is 4.98 Å². The third kappa shape index (κ3) is 3.52. The van der Waals surface area contributed by atoms with Gasteiger partial charge in [-0.1, -0.05) is 18.2 Å². The molecule has 0 fully saturated rings. The summed E-state index contributed by atoms with van der Waals surface area (Å²) < 4.78 is 5.24. The van der Waals surface area contributed by atoms with Gasteiger partial charge in [-0.2, -0.15) is 0 Å². The molecule has 2 N–H and O–H groups in total. The van der Waals surface area contributed by atoms with Crippen LogP contribution < -0.4 is 10.6 Å². The van der Waals surface area contributed by atoms with Crippen LogP contribution in [0.15, 0.2) is 71.5 Å². The highest BCUT2D eigenvalue weighted by Gasteiger charge is 2.05. The van der Waals surface area contributed by atoms with Crippen LogP contribution in [-0.4, -0.2) is 10.9 Å². The van der Waals surface area contributed by atoms with E-state index in [9.17, 15) is 4.79 Å². The van der Waals surface area contributed by atoms with Gasteiger partial charge in [-0.3, -0.25) is 4.79 Å². The minimum absolute atomic E-state index is 0.176. The van der Waals surface area contributed by atoms with Crippen molar-refractivity contribution in [1.29, 1.82) is 0 Å². The fourth-order valence-electron chi connectivity index (χ4n) is 1.95. The highest BCUT2D eigenvalue weighted by atomic mass is 16.3. The molecule has 2 heterocycles. The van der Waals surface area contributed by atoms with Gasteiger partial charge < -0.3 is 15.1 Å². The maximum Gasteiger partial charge on any atom is 0.256 e. The smallest absolute Gasteiger partial charge is 0.256 e. The maximum absolute atomic E-state index is 12.0. The van der Waals surface area contributed by atoms with Crippen LogP contribution in [0.1, 0.15) is 16.1 Å². The second-order valence-electron chi connectivity index (χ2n) is 4.69. The molecule has 5 nitrogen and oxygen atoms in total. The van der Waals surface area contributed by atoms with E-state index < -0.39 is 0 Å². The van der Waals surface area contributed by atoms with Crippen LogP contribution in [0, 0.1) is 0 Å². The van der Waals surface area contributed by atoms with Gasteiger partial charge >= 0.3 is 0 Å². The largest absolute Gasteiger partial charge is 0.467 e. The Hall–Kier alpha value is -3.08. The van der Waals surface area contributed by atoms with Crippen LogP contribution in [0.5, 0.6) is 0 Å². The number of rotatable bonds is 5. The second-order valence-corrected chi connectivity index (χ2v) is 4.69. The van der Waals surface area contributed by atoms with E-state index in [0.29, 0.717) is 17.9 Å². The van der Waals surface area contributed by atoms with Crippen molar-refractivity contribution >= 4 is 17.4 Å². The first-order chi connectivity index (χ1) is 10.8. The first-order valence-electron chi connectivity index (χ1n) is 6.90. The Morgan fingerprint density at radius 1 is 1.05 bits per heavy atom. The van der Waals surface area contributed by atoms with Crippen LogP contribution in [0.3, 0.4) is 0 Å². The van der Waals surface area contributed by atoms with Gasteiger partial charge in [0.1, 0.15) is 11.6 Å². The maximum atomic E-state index is 12.0. The Morgan fingerprint density at radius 2 is 1.91 bits per heavy atom. The number of nitrogens with zero attached hydrogens (tertiary/aromatic N) is 1. The van der Waals surface area contributed by atoms with E-state index in [1.54, 1.807) is 30.7 Å². The normalized spacial score (nSPS) is 10.2. The van der Waals surface area contributed by atoms with Crippen molar-refractivity contribution in [3.63, 3.8) is 0 Å². The highest BCUT2D eigenvalue weighted by molar-refractivity contribution is 6.03. The second kappa shape index (κ2) is 6.58.